The molecule has 1 heterocycles. The van der Waals surface area contributed by atoms with E-state index < -0.39 is 10.0 Å². The highest BCUT2D eigenvalue weighted by molar-refractivity contribution is 9.10. The van der Waals surface area contributed by atoms with E-state index in [1.165, 1.54) is 24.5 Å². The molecule has 1 aromatic rings. The van der Waals surface area contributed by atoms with Gasteiger partial charge in [-0.15, -0.1) is 0 Å². The number of hydrogen-bond acceptors (Lipinski definition) is 6. The number of nitrogens with two attached hydrogens (primary N) is 1. The Morgan fingerprint density at radius 3 is 2.87 bits per heavy atom. The van der Waals surface area contributed by atoms with Crippen molar-refractivity contribution in [1.82, 2.24) is 9.73 Å². The topological polar surface area (TPSA) is 100 Å². The quantitative estimate of drug-likeness (QED) is 0.430. The lowest BCUT2D eigenvalue weighted by Gasteiger charge is -2.18. The number of halogens is 1. The first-order valence-corrected chi connectivity index (χ1v) is 9.33. The van der Waals surface area contributed by atoms with Crippen LogP contribution in [-0.2, 0) is 10.0 Å². The second kappa shape index (κ2) is 6.88. The third-order valence-corrected chi connectivity index (χ3v) is 5.21. The van der Waals surface area contributed by atoms with Gasteiger partial charge >= 0.3 is 0 Å². The maximum Gasteiger partial charge on any atom is 0.262 e. The van der Waals surface area contributed by atoms with Crippen molar-refractivity contribution in [2.24, 2.45) is 15.5 Å². The Morgan fingerprint density at radius 2 is 2.26 bits per heavy atom. The van der Waals surface area contributed by atoms with Crippen LogP contribution in [0.4, 0.5) is 5.69 Å². The van der Waals surface area contributed by atoms with Gasteiger partial charge < -0.3 is 5.73 Å². The monoisotopic (exact) mass is 401 g/mol. The zero-order valence-electron chi connectivity index (χ0n) is 13.0. The minimum Gasteiger partial charge on any atom is -0.398 e. The van der Waals surface area contributed by atoms with Gasteiger partial charge in [0.1, 0.15) is 0 Å². The van der Waals surface area contributed by atoms with Crippen LogP contribution in [0, 0.1) is 5.41 Å². The Labute approximate surface area is 144 Å². The van der Waals surface area contributed by atoms with Gasteiger partial charge in [-0.25, -0.2) is 8.42 Å². The lowest BCUT2D eigenvalue weighted by atomic mass is 9.97. The van der Waals surface area contributed by atoms with Crippen LogP contribution < -0.4 is 10.5 Å². The highest BCUT2D eigenvalue weighted by atomic mass is 79.9. The summed E-state index contributed by atoms with van der Waals surface area (Å²) in [5, 5.41) is 6.20. The first kappa shape index (κ1) is 17.7. The van der Waals surface area contributed by atoms with Gasteiger partial charge in [-0.2, -0.15) is 5.10 Å². The Kier molecular flexibility index (Phi) is 5.30. The van der Waals surface area contributed by atoms with E-state index in [0.29, 0.717) is 23.2 Å². The molecule has 0 saturated carbocycles. The van der Waals surface area contributed by atoms with Gasteiger partial charge in [0.2, 0.25) is 0 Å². The van der Waals surface area contributed by atoms with E-state index in [1.54, 1.807) is 0 Å². The van der Waals surface area contributed by atoms with Crippen LogP contribution in [0.2, 0.25) is 0 Å². The van der Waals surface area contributed by atoms with E-state index in [1.807, 2.05) is 11.2 Å². The molecule has 1 aromatic carbocycles. The van der Waals surface area contributed by atoms with Crippen LogP contribution in [0.1, 0.15) is 13.8 Å². The molecule has 0 saturated heterocycles. The fraction of sp³-hybridized carbons (Fsp3) is 0.429. The van der Waals surface area contributed by atoms with Crippen molar-refractivity contribution in [1.29, 1.82) is 0 Å². The Bertz CT molecular complexity index is 731. The smallest absolute Gasteiger partial charge is 0.262 e. The molecule has 126 valence electrons. The van der Waals surface area contributed by atoms with Crippen molar-refractivity contribution in [3.05, 3.63) is 22.7 Å². The fourth-order valence-electron chi connectivity index (χ4n) is 2.01. The molecular formula is C14H20BrN5O2S. The molecule has 2 rings (SSSR count). The number of nitrogen functional groups attached to an aromatic ring is 1. The highest BCUT2D eigenvalue weighted by Gasteiger charge is 2.24. The predicted octanol–water partition coefficient (Wildman–Crippen LogP) is 1.67. The lowest BCUT2D eigenvalue weighted by Crippen LogP contribution is -2.26. The molecule has 0 spiro atoms. The zero-order valence-corrected chi connectivity index (χ0v) is 15.4. The summed E-state index contributed by atoms with van der Waals surface area (Å²) in [5.74, 6) is 0. The molecule has 0 fully saturated rings. The fourth-order valence-corrected chi connectivity index (χ4v) is 3.41. The van der Waals surface area contributed by atoms with Gasteiger partial charge in [0.15, 0.2) is 0 Å². The van der Waals surface area contributed by atoms with E-state index in [0.717, 1.165) is 6.54 Å². The maximum absolute atomic E-state index is 12.1. The second-order valence-electron chi connectivity index (χ2n) is 5.96. The van der Waals surface area contributed by atoms with Gasteiger partial charge in [0, 0.05) is 28.3 Å². The normalized spacial score (nSPS) is 17.1. The summed E-state index contributed by atoms with van der Waals surface area (Å²) in [5.41, 5.74) is 6.20. The number of anilines is 1. The Hall–Kier alpha value is -1.61. The van der Waals surface area contributed by atoms with Crippen molar-refractivity contribution in [2.45, 2.75) is 18.7 Å². The Morgan fingerprint density at radius 1 is 1.52 bits per heavy atom. The number of hydrogen-bond donors (Lipinski definition) is 2. The first-order valence-electron chi connectivity index (χ1n) is 7.05. The SMILES string of the molecule is CC1(C)C=NN(CCN=CNS(=O)(=O)c2ccc(N)c(Br)c2)C1. The van der Waals surface area contributed by atoms with Crippen LogP contribution in [-0.4, -0.2) is 45.6 Å². The molecule has 0 aliphatic carbocycles. The number of rotatable bonds is 6. The molecule has 0 amide bonds. The predicted molar refractivity (Wildman–Crippen MR) is 96.1 cm³/mol. The maximum atomic E-state index is 12.1. The van der Waals surface area contributed by atoms with Crippen LogP contribution in [0.3, 0.4) is 0 Å². The average Bonchev–Trinajstić information content (AvgIpc) is 2.80. The molecule has 0 bridgehead atoms. The van der Waals surface area contributed by atoms with Gasteiger partial charge in [-0.3, -0.25) is 14.7 Å². The van der Waals surface area contributed by atoms with Crippen molar-refractivity contribution in [3.8, 4) is 0 Å². The summed E-state index contributed by atoms with van der Waals surface area (Å²) in [6.45, 7) is 6.16. The summed E-state index contributed by atoms with van der Waals surface area (Å²) in [6, 6.07) is 4.42. The van der Waals surface area contributed by atoms with E-state index in [9.17, 15) is 8.42 Å². The summed E-state index contributed by atoms with van der Waals surface area (Å²) in [4.78, 5) is 4.19. The standard InChI is InChI=1S/C14H20BrN5O2S/c1-14(2)8-18-20(9-14)6-5-17-10-19-23(21,22)11-3-4-13(16)12(15)7-11/h3-4,7-8,10H,5-6,9,16H2,1-2H3,(H,17,19). The number of sulfonamides is 1. The van der Waals surface area contributed by atoms with Crippen LogP contribution in [0.15, 0.2) is 37.7 Å². The third-order valence-electron chi connectivity index (χ3n) is 3.23. The van der Waals surface area contributed by atoms with Gasteiger partial charge in [0.05, 0.1) is 24.3 Å². The average molecular weight is 402 g/mol. The van der Waals surface area contributed by atoms with Crippen LogP contribution >= 0.6 is 15.9 Å². The molecule has 0 radical (unpaired) electrons. The molecule has 1 aliphatic rings. The molecule has 3 N–H and O–H groups in total. The number of hydrazone groups is 1. The molecule has 0 aromatic heterocycles. The summed E-state index contributed by atoms with van der Waals surface area (Å²) in [6.07, 6.45) is 3.11. The van der Waals surface area contributed by atoms with Gasteiger partial charge in [-0.05, 0) is 34.1 Å². The van der Waals surface area contributed by atoms with Crippen LogP contribution in [0.25, 0.3) is 0 Å². The van der Waals surface area contributed by atoms with Crippen LogP contribution in [0.5, 0.6) is 0 Å². The molecule has 1 aliphatic heterocycles. The number of nitrogens with one attached hydrogen (secondary N) is 1. The van der Waals surface area contributed by atoms with Crippen molar-refractivity contribution < 1.29 is 8.42 Å². The van der Waals surface area contributed by atoms with Crippen molar-refractivity contribution >= 4 is 44.2 Å². The first-order chi connectivity index (χ1) is 10.7. The zero-order chi connectivity index (χ0) is 17.1. The van der Waals surface area contributed by atoms with Gasteiger partial charge in [-0.1, -0.05) is 13.8 Å². The summed E-state index contributed by atoms with van der Waals surface area (Å²) >= 11 is 3.21. The lowest BCUT2D eigenvalue weighted by molar-refractivity contribution is 0.273. The summed E-state index contributed by atoms with van der Waals surface area (Å²) in [7, 11) is -3.65. The van der Waals surface area contributed by atoms with E-state index in [-0.39, 0.29) is 10.3 Å². The van der Waals surface area contributed by atoms with Crippen molar-refractivity contribution in [3.63, 3.8) is 0 Å². The van der Waals surface area contributed by atoms with E-state index in [2.05, 4.69) is 44.6 Å². The minimum absolute atomic E-state index is 0.0772. The van der Waals surface area contributed by atoms with Gasteiger partial charge in [0.25, 0.3) is 10.0 Å². The number of aliphatic imine (C=N–C) groups is 1. The highest BCUT2D eigenvalue weighted by Crippen LogP contribution is 2.22. The molecule has 0 atom stereocenters. The molecular weight excluding hydrogens is 382 g/mol. The second-order valence-corrected chi connectivity index (χ2v) is 8.53. The summed E-state index contributed by atoms with van der Waals surface area (Å²) < 4.78 is 27.1. The molecule has 9 heteroatoms. The number of benzene rings is 1. The molecule has 7 nitrogen and oxygen atoms in total. The third kappa shape index (κ3) is 4.93. The molecule has 23 heavy (non-hydrogen) atoms. The molecule has 0 unspecified atom stereocenters. The number of nitrogens with zero attached hydrogens (tertiary/aromatic N) is 3. The largest absolute Gasteiger partial charge is 0.398 e. The van der Waals surface area contributed by atoms with E-state index in [4.69, 9.17) is 5.73 Å². The van der Waals surface area contributed by atoms with Crippen molar-refractivity contribution in [2.75, 3.05) is 25.4 Å². The minimum atomic E-state index is -3.65. The van der Waals surface area contributed by atoms with E-state index >= 15 is 0 Å². The Balaban J connectivity index is 1.85.